The summed E-state index contributed by atoms with van der Waals surface area (Å²) in [6.45, 7) is 0.149. The molecule has 0 saturated heterocycles. The lowest BCUT2D eigenvalue weighted by atomic mass is 10.7. The molecule has 0 aromatic carbocycles. The Morgan fingerprint density at radius 1 is 1.58 bits per heavy atom. The van der Waals surface area contributed by atoms with Crippen LogP contribution in [0.2, 0.25) is 0 Å². The Morgan fingerprint density at radius 3 is 2.83 bits per heavy atom. The Bertz CT molecular complexity index is 214. The van der Waals surface area contributed by atoms with E-state index in [0.29, 0.717) is 5.96 Å². The van der Waals surface area contributed by atoms with Gasteiger partial charge < -0.3 is 14.5 Å². The third-order valence-electron chi connectivity index (χ3n) is 1.32. The molecule has 0 atom stereocenters. The van der Waals surface area contributed by atoms with Crippen LogP contribution in [0, 0.1) is 0 Å². The van der Waals surface area contributed by atoms with Crippen LogP contribution in [0.3, 0.4) is 0 Å². The van der Waals surface area contributed by atoms with E-state index in [1.165, 1.54) is 0 Å². The molecule has 0 spiro atoms. The monoisotopic (exact) mass is 173 g/mol. The molecule has 0 N–H and O–H groups in total. The Balaban J connectivity index is 2.73. The predicted molar refractivity (Wildman–Crippen MR) is 41.3 cm³/mol. The lowest BCUT2D eigenvalue weighted by Crippen LogP contribution is -2.38. The molecule has 0 radical (unpaired) electrons. The fourth-order valence-electron chi connectivity index (χ4n) is 0.804. The van der Waals surface area contributed by atoms with Crippen molar-refractivity contribution < 1.29 is 14.4 Å². The average Bonchev–Trinajstić information content (AvgIpc) is 2.14. The SMILES string of the molecule is CN(C)C1=NOC(=O)OCN1C. The number of carbonyl (C=O) groups excluding carboxylic acids is 1. The molecule has 0 unspecified atom stereocenters. The number of hydrogen-bond acceptors (Lipinski definition) is 6. The summed E-state index contributed by atoms with van der Waals surface area (Å²) in [6.07, 6.45) is -0.779. The van der Waals surface area contributed by atoms with Gasteiger partial charge in [-0.2, -0.15) is 0 Å². The van der Waals surface area contributed by atoms with Crippen molar-refractivity contribution in [1.29, 1.82) is 0 Å². The summed E-state index contributed by atoms with van der Waals surface area (Å²) in [5.74, 6) is 0.542. The second-order valence-electron chi connectivity index (χ2n) is 2.60. The van der Waals surface area contributed by atoms with E-state index in [1.54, 1.807) is 30.9 Å². The van der Waals surface area contributed by atoms with Crippen LogP contribution in [0.1, 0.15) is 0 Å². The van der Waals surface area contributed by atoms with Gasteiger partial charge in [-0.1, -0.05) is 0 Å². The number of rotatable bonds is 0. The fourth-order valence-corrected chi connectivity index (χ4v) is 0.804. The molecule has 1 aliphatic heterocycles. The number of guanidine groups is 1. The van der Waals surface area contributed by atoms with Gasteiger partial charge in [-0.15, -0.1) is 0 Å². The van der Waals surface area contributed by atoms with E-state index in [9.17, 15) is 4.79 Å². The molecule has 68 valence electrons. The smallest absolute Gasteiger partial charge is 0.411 e. The minimum atomic E-state index is -0.779. The first-order chi connectivity index (χ1) is 5.61. The molecule has 6 nitrogen and oxygen atoms in total. The van der Waals surface area contributed by atoms with Crippen LogP contribution in [0.5, 0.6) is 0 Å². The normalized spacial score (nSPS) is 17.4. The van der Waals surface area contributed by atoms with Crippen LogP contribution < -0.4 is 0 Å². The van der Waals surface area contributed by atoms with Crippen molar-refractivity contribution in [3.05, 3.63) is 0 Å². The highest BCUT2D eigenvalue weighted by atomic mass is 16.8. The lowest BCUT2D eigenvalue weighted by molar-refractivity contribution is 0.0491. The molecule has 0 fully saturated rings. The zero-order chi connectivity index (χ0) is 9.14. The maximum absolute atomic E-state index is 10.6. The van der Waals surface area contributed by atoms with E-state index in [1.807, 2.05) is 0 Å². The Morgan fingerprint density at radius 2 is 2.25 bits per heavy atom. The van der Waals surface area contributed by atoms with Gasteiger partial charge in [0.1, 0.15) is 0 Å². The molecular formula is C6H11N3O3. The number of carbonyl (C=O) groups is 1. The molecular weight excluding hydrogens is 162 g/mol. The van der Waals surface area contributed by atoms with Gasteiger partial charge in [0.05, 0.1) is 0 Å². The van der Waals surface area contributed by atoms with Crippen molar-refractivity contribution in [2.45, 2.75) is 0 Å². The number of ether oxygens (including phenoxy) is 1. The zero-order valence-electron chi connectivity index (χ0n) is 7.27. The van der Waals surface area contributed by atoms with Crippen molar-refractivity contribution in [3.63, 3.8) is 0 Å². The van der Waals surface area contributed by atoms with Crippen molar-refractivity contribution >= 4 is 12.1 Å². The van der Waals surface area contributed by atoms with Gasteiger partial charge in [0.15, 0.2) is 6.73 Å². The molecule has 1 heterocycles. The quantitative estimate of drug-likeness (QED) is 0.377. The minimum absolute atomic E-state index is 0.149. The number of oxime groups is 1. The minimum Gasteiger partial charge on any atom is -0.411 e. The van der Waals surface area contributed by atoms with Gasteiger partial charge in [0.25, 0.3) is 0 Å². The van der Waals surface area contributed by atoms with Crippen LogP contribution in [0.25, 0.3) is 0 Å². The van der Waals surface area contributed by atoms with Crippen LogP contribution in [-0.2, 0) is 9.57 Å². The van der Waals surface area contributed by atoms with Gasteiger partial charge in [0, 0.05) is 21.1 Å². The average molecular weight is 173 g/mol. The van der Waals surface area contributed by atoms with Gasteiger partial charge >= 0.3 is 6.16 Å². The Labute approximate surface area is 70.3 Å². The van der Waals surface area contributed by atoms with E-state index >= 15 is 0 Å². The van der Waals surface area contributed by atoms with Gasteiger partial charge in [-0.05, 0) is 5.16 Å². The van der Waals surface area contributed by atoms with E-state index < -0.39 is 6.16 Å². The molecule has 0 bridgehead atoms. The third-order valence-corrected chi connectivity index (χ3v) is 1.32. The summed E-state index contributed by atoms with van der Waals surface area (Å²) in [5, 5.41) is 3.58. The molecule has 0 aromatic heterocycles. The number of hydrogen-bond donors (Lipinski definition) is 0. The van der Waals surface area contributed by atoms with Gasteiger partial charge in [-0.3, -0.25) is 4.84 Å². The molecule has 1 aliphatic rings. The maximum atomic E-state index is 10.6. The Kier molecular flexibility index (Phi) is 2.37. The molecule has 0 aliphatic carbocycles. The topological polar surface area (TPSA) is 54.4 Å². The predicted octanol–water partition coefficient (Wildman–Crippen LogP) is -0.125. The molecule has 1 rings (SSSR count). The second-order valence-corrected chi connectivity index (χ2v) is 2.60. The summed E-state index contributed by atoms with van der Waals surface area (Å²) >= 11 is 0. The molecule has 6 heteroatoms. The summed E-state index contributed by atoms with van der Waals surface area (Å²) in [7, 11) is 5.35. The highest BCUT2D eigenvalue weighted by Crippen LogP contribution is 2.00. The summed E-state index contributed by atoms with van der Waals surface area (Å²) < 4.78 is 4.62. The summed E-state index contributed by atoms with van der Waals surface area (Å²) in [5.41, 5.74) is 0. The van der Waals surface area contributed by atoms with Crippen LogP contribution in [0.15, 0.2) is 5.16 Å². The van der Waals surface area contributed by atoms with Crippen molar-refractivity contribution in [2.24, 2.45) is 5.16 Å². The first kappa shape index (κ1) is 8.63. The number of nitrogens with zero attached hydrogens (tertiary/aromatic N) is 3. The highest BCUT2D eigenvalue weighted by molar-refractivity contribution is 5.80. The van der Waals surface area contributed by atoms with E-state index in [-0.39, 0.29) is 6.73 Å². The van der Waals surface area contributed by atoms with Crippen molar-refractivity contribution in [2.75, 3.05) is 27.9 Å². The van der Waals surface area contributed by atoms with Crippen LogP contribution in [0.4, 0.5) is 4.79 Å². The molecule has 0 amide bonds. The standard InChI is InChI=1S/C6H11N3O3/c1-8(2)5-7-12-6(10)11-4-9(5)3/h4H2,1-3H3. The highest BCUT2D eigenvalue weighted by Gasteiger charge is 2.17. The molecule has 0 saturated carbocycles. The zero-order valence-corrected chi connectivity index (χ0v) is 7.27. The van der Waals surface area contributed by atoms with E-state index in [2.05, 4.69) is 14.7 Å². The molecule has 12 heavy (non-hydrogen) atoms. The fraction of sp³-hybridized carbons (Fsp3) is 0.667. The molecule has 0 aromatic rings. The third kappa shape index (κ3) is 1.77. The summed E-state index contributed by atoms with van der Waals surface area (Å²) in [6, 6.07) is 0. The Hall–Kier alpha value is -1.46. The summed E-state index contributed by atoms with van der Waals surface area (Å²) in [4.78, 5) is 18.4. The largest absolute Gasteiger partial charge is 0.537 e. The van der Waals surface area contributed by atoms with Gasteiger partial charge in [-0.25, -0.2) is 4.79 Å². The van der Waals surface area contributed by atoms with Crippen LogP contribution in [-0.4, -0.2) is 49.8 Å². The maximum Gasteiger partial charge on any atom is 0.537 e. The van der Waals surface area contributed by atoms with E-state index in [4.69, 9.17) is 0 Å². The first-order valence-corrected chi connectivity index (χ1v) is 3.41. The second kappa shape index (κ2) is 3.29. The first-order valence-electron chi connectivity index (χ1n) is 3.41. The van der Waals surface area contributed by atoms with Crippen molar-refractivity contribution in [1.82, 2.24) is 9.80 Å². The lowest BCUT2D eigenvalue weighted by Gasteiger charge is -2.21. The van der Waals surface area contributed by atoms with Crippen LogP contribution >= 0.6 is 0 Å². The number of cyclic esters (lactones) is 1. The van der Waals surface area contributed by atoms with Crippen molar-refractivity contribution in [3.8, 4) is 0 Å². The van der Waals surface area contributed by atoms with E-state index in [0.717, 1.165) is 0 Å². The van der Waals surface area contributed by atoms with Gasteiger partial charge in [0.2, 0.25) is 5.96 Å².